The highest BCUT2D eigenvalue weighted by Gasteiger charge is 2.33. The third-order valence-electron chi connectivity index (χ3n) is 7.24. The number of rotatable bonds is 5. The van der Waals surface area contributed by atoms with Crippen LogP contribution in [0.15, 0.2) is 43.0 Å². The smallest absolute Gasteiger partial charge is 0.259 e. The molecule has 2 aromatic carbocycles. The van der Waals surface area contributed by atoms with Gasteiger partial charge in [-0.05, 0) is 43.4 Å². The van der Waals surface area contributed by atoms with E-state index in [0.717, 1.165) is 56.9 Å². The van der Waals surface area contributed by atoms with Gasteiger partial charge >= 0.3 is 0 Å². The molecular weight excluding hydrogens is 370 g/mol. The van der Waals surface area contributed by atoms with Gasteiger partial charge in [0.1, 0.15) is 0 Å². The van der Waals surface area contributed by atoms with Crippen LogP contribution in [0, 0.1) is 5.92 Å². The van der Waals surface area contributed by atoms with Crippen LogP contribution in [0.25, 0.3) is 10.8 Å². The molecule has 0 atom stereocenters. The second kappa shape index (κ2) is 8.43. The van der Waals surface area contributed by atoms with E-state index in [2.05, 4.69) is 45.5 Å². The predicted octanol–water partition coefficient (Wildman–Crippen LogP) is 5.08. The number of amides is 1. The van der Waals surface area contributed by atoms with Gasteiger partial charge in [-0.15, -0.1) is 6.58 Å². The van der Waals surface area contributed by atoms with Crippen LogP contribution in [0.2, 0.25) is 0 Å². The molecule has 5 rings (SSSR count). The number of hydrogen-bond acceptors (Lipinski definition) is 3. The molecule has 1 saturated carbocycles. The van der Waals surface area contributed by atoms with Crippen molar-refractivity contribution in [1.82, 2.24) is 4.90 Å². The Morgan fingerprint density at radius 1 is 0.933 bits per heavy atom. The van der Waals surface area contributed by atoms with Gasteiger partial charge in [-0.3, -0.25) is 9.69 Å². The summed E-state index contributed by atoms with van der Waals surface area (Å²) >= 11 is 0. The molecule has 158 valence electrons. The first kappa shape index (κ1) is 19.6. The highest BCUT2D eigenvalue weighted by atomic mass is 16.2. The van der Waals surface area contributed by atoms with Gasteiger partial charge in [-0.2, -0.15) is 0 Å². The molecule has 2 fully saturated rings. The Hall–Kier alpha value is -2.33. The topological polar surface area (TPSA) is 26.8 Å². The van der Waals surface area contributed by atoms with E-state index in [9.17, 15) is 4.79 Å². The number of nitrogens with zero attached hydrogens (tertiary/aromatic N) is 3. The summed E-state index contributed by atoms with van der Waals surface area (Å²) in [5.41, 5.74) is 3.30. The van der Waals surface area contributed by atoms with Crippen molar-refractivity contribution >= 4 is 28.1 Å². The lowest BCUT2D eigenvalue weighted by Crippen LogP contribution is -2.33. The fourth-order valence-electron chi connectivity index (χ4n) is 5.69. The van der Waals surface area contributed by atoms with Crippen molar-refractivity contribution in [2.75, 3.05) is 49.1 Å². The Bertz CT molecular complexity index is 947. The zero-order chi connectivity index (χ0) is 20.5. The number of carbonyl (C=O) groups excluding carboxylic acids is 1. The molecule has 0 spiro atoms. The van der Waals surface area contributed by atoms with Crippen LogP contribution in [-0.4, -0.2) is 50.1 Å². The van der Waals surface area contributed by atoms with E-state index in [0.29, 0.717) is 5.92 Å². The largest absolute Gasteiger partial charge is 0.370 e. The molecule has 1 amide bonds. The van der Waals surface area contributed by atoms with Crippen molar-refractivity contribution in [3.05, 3.63) is 48.6 Å². The summed E-state index contributed by atoms with van der Waals surface area (Å²) in [7, 11) is 0. The second-order valence-corrected chi connectivity index (χ2v) is 9.18. The Kier molecular flexibility index (Phi) is 5.51. The van der Waals surface area contributed by atoms with Gasteiger partial charge in [0.15, 0.2) is 0 Å². The molecule has 0 radical (unpaired) electrons. The molecule has 1 aliphatic carbocycles. The maximum Gasteiger partial charge on any atom is 0.259 e. The third kappa shape index (κ3) is 3.51. The lowest BCUT2D eigenvalue weighted by Gasteiger charge is -2.28. The van der Waals surface area contributed by atoms with Crippen molar-refractivity contribution in [3.63, 3.8) is 0 Å². The van der Waals surface area contributed by atoms with Crippen LogP contribution in [0.3, 0.4) is 0 Å². The van der Waals surface area contributed by atoms with Crippen LogP contribution in [0.4, 0.5) is 11.4 Å². The van der Waals surface area contributed by atoms with E-state index < -0.39 is 0 Å². The van der Waals surface area contributed by atoms with Crippen molar-refractivity contribution in [1.29, 1.82) is 0 Å². The normalized spacial score (nSPS) is 20.7. The molecule has 0 N–H and O–H groups in total. The number of benzene rings is 2. The number of carbonyl (C=O) groups is 1. The van der Waals surface area contributed by atoms with Crippen LogP contribution in [0.5, 0.6) is 0 Å². The molecule has 30 heavy (non-hydrogen) atoms. The van der Waals surface area contributed by atoms with Gasteiger partial charge in [-0.25, -0.2) is 0 Å². The Morgan fingerprint density at radius 3 is 2.60 bits per heavy atom. The quantitative estimate of drug-likeness (QED) is 0.652. The van der Waals surface area contributed by atoms with E-state index in [1.165, 1.54) is 48.6 Å². The molecule has 0 unspecified atom stereocenters. The van der Waals surface area contributed by atoms with E-state index in [-0.39, 0.29) is 5.91 Å². The standard InChI is InChI=1S/C26H33N3O/c1-2-14-27-15-7-16-28(18-17-27)23-12-13-24-25-21(23)10-6-11-22(25)26(30)29(24)19-20-8-4-3-5-9-20/h2,6,10-13,20H,1,3-5,7-9,14-19H2. The third-order valence-corrected chi connectivity index (χ3v) is 7.24. The van der Waals surface area contributed by atoms with E-state index in [1.807, 2.05) is 12.1 Å². The molecule has 4 heteroatoms. The predicted molar refractivity (Wildman–Crippen MR) is 126 cm³/mol. The Labute approximate surface area is 180 Å². The SMILES string of the molecule is C=CCN1CCCN(c2ccc3c4c(cccc24)C(=O)N3CC2CCCCC2)CC1. The van der Waals surface area contributed by atoms with Crippen LogP contribution in [0.1, 0.15) is 48.9 Å². The van der Waals surface area contributed by atoms with Crippen molar-refractivity contribution < 1.29 is 4.79 Å². The zero-order valence-electron chi connectivity index (χ0n) is 18.0. The summed E-state index contributed by atoms with van der Waals surface area (Å²) in [4.78, 5) is 20.4. The molecule has 2 heterocycles. The van der Waals surface area contributed by atoms with Crippen LogP contribution in [-0.2, 0) is 0 Å². The summed E-state index contributed by atoms with van der Waals surface area (Å²) in [5.74, 6) is 0.847. The molecular formula is C26H33N3O. The van der Waals surface area contributed by atoms with Gasteiger partial charge < -0.3 is 9.80 Å². The molecule has 0 aromatic heterocycles. The average molecular weight is 404 g/mol. The van der Waals surface area contributed by atoms with Crippen molar-refractivity contribution in [2.45, 2.75) is 38.5 Å². The summed E-state index contributed by atoms with van der Waals surface area (Å²) < 4.78 is 0. The maximum absolute atomic E-state index is 13.3. The van der Waals surface area contributed by atoms with E-state index >= 15 is 0 Å². The van der Waals surface area contributed by atoms with Gasteiger partial charge in [-0.1, -0.05) is 37.5 Å². The maximum atomic E-state index is 13.3. The minimum atomic E-state index is 0.200. The first-order valence-electron chi connectivity index (χ1n) is 11.7. The fourth-order valence-corrected chi connectivity index (χ4v) is 5.69. The molecule has 1 saturated heterocycles. The molecule has 2 aliphatic heterocycles. The Morgan fingerprint density at radius 2 is 1.77 bits per heavy atom. The summed E-state index contributed by atoms with van der Waals surface area (Å²) in [5, 5.41) is 2.41. The monoisotopic (exact) mass is 403 g/mol. The number of hydrogen-bond donors (Lipinski definition) is 0. The Balaban J connectivity index is 1.46. The lowest BCUT2D eigenvalue weighted by atomic mass is 9.89. The summed E-state index contributed by atoms with van der Waals surface area (Å²) in [6.45, 7) is 9.99. The highest BCUT2D eigenvalue weighted by Crippen LogP contribution is 2.42. The zero-order valence-corrected chi connectivity index (χ0v) is 18.0. The molecule has 3 aliphatic rings. The summed E-state index contributed by atoms with van der Waals surface area (Å²) in [6, 6.07) is 10.8. The van der Waals surface area contributed by atoms with Crippen LogP contribution >= 0.6 is 0 Å². The summed E-state index contributed by atoms with van der Waals surface area (Å²) in [6.07, 6.45) is 9.65. The van der Waals surface area contributed by atoms with E-state index in [1.54, 1.807) is 0 Å². The molecule has 4 nitrogen and oxygen atoms in total. The minimum Gasteiger partial charge on any atom is -0.370 e. The lowest BCUT2D eigenvalue weighted by molar-refractivity contribution is 0.0987. The van der Waals surface area contributed by atoms with Crippen molar-refractivity contribution in [3.8, 4) is 0 Å². The van der Waals surface area contributed by atoms with Gasteiger partial charge in [0.05, 0.1) is 5.69 Å². The average Bonchev–Trinajstić information content (AvgIpc) is 2.93. The first-order valence-corrected chi connectivity index (χ1v) is 11.7. The second-order valence-electron chi connectivity index (χ2n) is 9.18. The fraction of sp³-hybridized carbons (Fsp3) is 0.500. The van der Waals surface area contributed by atoms with Crippen LogP contribution < -0.4 is 9.80 Å². The van der Waals surface area contributed by atoms with E-state index in [4.69, 9.17) is 0 Å². The molecule has 2 aromatic rings. The molecule has 0 bridgehead atoms. The van der Waals surface area contributed by atoms with Crippen molar-refractivity contribution in [2.24, 2.45) is 5.92 Å². The minimum absolute atomic E-state index is 0.200. The highest BCUT2D eigenvalue weighted by molar-refractivity contribution is 6.26. The first-order chi connectivity index (χ1) is 14.8. The van der Waals surface area contributed by atoms with Gasteiger partial charge in [0.2, 0.25) is 0 Å². The van der Waals surface area contributed by atoms with Gasteiger partial charge in [0.25, 0.3) is 5.91 Å². The van der Waals surface area contributed by atoms with Gasteiger partial charge in [0, 0.05) is 61.3 Å². The number of anilines is 2.